The highest BCUT2D eigenvalue weighted by Gasteiger charge is 2.28. The number of rotatable bonds is 4. The molecule has 0 aliphatic heterocycles. The van der Waals surface area contributed by atoms with Crippen molar-refractivity contribution in [1.82, 2.24) is 4.98 Å². The van der Waals surface area contributed by atoms with Crippen molar-refractivity contribution in [2.75, 3.05) is 5.73 Å². The Morgan fingerprint density at radius 2 is 2.00 bits per heavy atom. The van der Waals surface area contributed by atoms with Crippen LogP contribution in [0.2, 0.25) is 0 Å². The van der Waals surface area contributed by atoms with Crippen LogP contribution >= 0.6 is 0 Å². The van der Waals surface area contributed by atoms with Crippen LogP contribution in [0.25, 0.3) is 0 Å². The highest BCUT2D eigenvalue weighted by atomic mass is 16.3. The van der Waals surface area contributed by atoms with Gasteiger partial charge in [0.2, 0.25) is 0 Å². The van der Waals surface area contributed by atoms with Crippen LogP contribution in [0.15, 0.2) is 18.3 Å². The lowest BCUT2D eigenvalue weighted by atomic mass is 9.82. The lowest BCUT2D eigenvalue weighted by Crippen LogP contribution is -2.36. The molecule has 1 saturated carbocycles. The van der Waals surface area contributed by atoms with Crippen LogP contribution in [-0.2, 0) is 6.42 Å². The fourth-order valence-electron chi connectivity index (χ4n) is 2.76. The zero-order valence-corrected chi connectivity index (χ0v) is 10.6. The smallest absolute Gasteiger partial charge is 0.126 e. The third kappa shape index (κ3) is 3.21. The first-order valence-electron chi connectivity index (χ1n) is 6.74. The van der Waals surface area contributed by atoms with Crippen LogP contribution in [0.1, 0.15) is 37.7 Å². The van der Waals surface area contributed by atoms with E-state index in [4.69, 9.17) is 5.73 Å². The van der Waals surface area contributed by atoms with Gasteiger partial charge in [-0.25, -0.2) is 4.98 Å². The van der Waals surface area contributed by atoms with E-state index in [-0.39, 0.29) is 5.92 Å². The summed E-state index contributed by atoms with van der Waals surface area (Å²) in [7, 11) is 0. The fourth-order valence-corrected chi connectivity index (χ4v) is 2.76. The Bertz CT molecular complexity index is 378. The minimum absolute atomic E-state index is 0.228. The van der Waals surface area contributed by atoms with Crippen molar-refractivity contribution in [3.05, 3.63) is 23.9 Å². The summed E-state index contributed by atoms with van der Waals surface area (Å²) in [6.07, 6.45) is 6.19. The zero-order chi connectivity index (χ0) is 13.0. The van der Waals surface area contributed by atoms with Crippen molar-refractivity contribution >= 4 is 5.82 Å². The second kappa shape index (κ2) is 6.16. The molecular formula is C14H22N2O2. The summed E-state index contributed by atoms with van der Waals surface area (Å²) in [5.41, 5.74) is 6.55. The molecule has 1 heterocycles. The number of hydrogen-bond donors (Lipinski definition) is 3. The molecule has 0 bridgehead atoms. The van der Waals surface area contributed by atoms with Gasteiger partial charge in [0, 0.05) is 12.6 Å². The van der Waals surface area contributed by atoms with Gasteiger partial charge in [0.15, 0.2) is 0 Å². The average Bonchev–Trinajstić information content (AvgIpc) is 2.41. The normalized spacial score (nSPS) is 20.6. The molecule has 0 amide bonds. The van der Waals surface area contributed by atoms with E-state index in [0.717, 1.165) is 31.2 Å². The molecule has 1 aliphatic rings. The lowest BCUT2D eigenvalue weighted by molar-refractivity contribution is -0.0263. The van der Waals surface area contributed by atoms with Crippen LogP contribution in [0, 0.1) is 5.92 Å². The molecule has 0 radical (unpaired) electrons. The van der Waals surface area contributed by atoms with Crippen molar-refractivity contribution < 1.29 is 10.2 Å². The van der Waals surface area contributed by atoms with Crippen molar-refractivity contribution in [1.29, 1.82) is 0 Å². The Morgan fingerprint density at radius 1 is 1.28 bits per heavy atom. The first-order chi connectivity index (χ1) is 8.68. The van der Waals surface area contributed by atoms with Crippen LogP contribution in [0.3, 0.4) is 0 Å². The number of aliphatic hydroxyl groups excluding tert-OH is 2. The van der Waals surface area contributed by atoms with Crippen molar-refractivity contribution in [3.63, 3.8) is 0 Å². The highest BCUT2D eigenvalue weighted by Crippen LogP contribution is 2.28. The van der Waals surface area contributed by atoms with E-state index in [2.05, 4.69) is 4.98 Å². The molecule has 2 unspecified atom stereocenters. The van der Waals surface area contributed by atoms with Gasteiger partial charge in [-0.05, 0) is 30.4 Å². The second-order valence-corrected chi connectivity index (χ2v) is 5.21. The van der Waals surface area contributed by atoms with E-state index < -0.39 is 12.2 Å². The predicted octanol–water partition coefficient (Wildman–Crippen LogP) is 1.51. The maximum atomic E-state index is 10.2. The number of aromatic nitrogens is 1. The Kier molecular flexibility index (Phi) is 4.55. The summed E-state index contributed by atoms with van der Waals surface area (Å²) >= 11 is 0. The van der Waals surface area contributed by atoms with Crippen LogP contribution in [-0.4, -0.2) is 27.4 Å². The number of nitrogens with two attached hydrogens (primary N) is 1. The van der Waals surface area contributed by atoms with Gasteiger partial charge in [-0.15, -0.1) is 0 Å². The van der Waals surface area contributed by atoms with Gasteiger partial charge in [0.05, 0.1) is 12.2 Å². The molecule has 1 aliphatic carbocycles. The number of nitrogen functional groups attached to an aromatic ring is 1. The Balaban J connectivity index is 1.94. The summed E-state index contributed by atoms with van der Waals surface area (Å²) in [4.78, 5) is 3.99. The van der Waals surface area contributed by atoms with Crippen molar-refractivity contribution in [2.45, 2.75) is 50.7 Å². The predicted molar refractivity (Wildman–Crippen MR) is 70.9 cm³/mol. The molecule has 0 saturated heterocycles. The molecule has 4 heteroatoms. The minimum atomic E-state index is -0.750. The largest absolute Gasteiger partial charge is 0.390 e. The van der Waals surface area contributed by atoms with Crippen LogP contribution in [0.4, 0.5) is 5.82 Å². The maximum absolute atomic E-state index is 10.2. The SMILES string of the molecule is Nc1ncccc1CC(O)C(O)C1CCCCC1. The number of aliphatic hydroxyl groups is 2. The molecule has 1 aromatic heterocycles. The molecule has 1 fully saturated rings. The van der Waals surface area contributed by atoms with Gasteiger partial charge < -0.3 is 15.9 Å². The van der Waals surface area contributed by atoms with E-state index in [1.165, 1.54) is 6.42 Å². The molecule has 2 atom stereocenters. The van der Waals surface area contributed by atoms with E-state index >= 15 is 0 Å². The van der Waals surface area contributed by atoms with Gasteiger partial charge in [-0.1, -0.05) is 25.3 Å². The molecule has 18 heavy (non-hydrogen) atoms. The van der Waals surface area contributed by atoms with Gasteiger partial charge in [0.1, 0.15) is 5.82 Å². The monoisotopic (exact) mass is 250 g/mol. The molecule has 100 valence electrons. The fraction of sp³-hybridized carbons (Fsp3) is 0.643. The quantitative estimate of drug-likeness (QED) is 0.756. The summed E-state index contributed by atoms with van der Waals surface area (Å²) < 4.78 is 0. The van der Waals surface area contributed by atoms with Crippen LogP contribution < -0.4 is 5.73 Å². The summed E-state index contributed by atoms with van der Waals surface area (Å²) in [6, 6.07) is 3.64. The molecular weight excluding hydrogens is 228 g/mol. The van der Waals surface area contributed by atoms with E-state index in [1.807, 2.05) is 6.07 Å². The number of anilines is 1. The van der Waals surface area contributed by atoms with Gasteiger partial charge in [-0.2, -0.15) is 0 Å². The number of hydrogen-bond acceptors (Lipinski definition) is 4. The van der Waals surface area contributed by atoms with E-state index in [0.29, 0.717) is 12.2 Å². The van der Waals surface area contributed by atoms with Crippen molar-refractivity contribution in [3.8, 4) is 0 Å². The third-order valence-corrected chi connectivity index (χ3v) is 3.88. The maximum Gasteiger partial charge on any atom is 0.126 e. The van der Waals surface area contributed by atoms with Gasteiger partial charge in [0.25, 0.3) is 0 Å². The molecule has 4 nitrogen and oxygen atoms in total. The van der Waals surface area contributed by atoms with Crippen LogP contribution in [0.5, 0.6) is 0 Å². The average molecular weight is 250 g/mol. The number of nitrogens with zero attached hydrogens (tertiary/aromatic N) is 1. The van der Waals surface area contributed by atoms with E-state index in [1.54, 1.807) is 12.3 Å². The lowest BCUT2D eigenvalue weighted by Gasteiger charge is -2.29. The summed E-state index contributed by atoms with van der Waals surface area (Å²) in [6.45, 7) is 0. The molecule has 4 N–H and O–H groups in total. The molecule has 0 spiro atoms. The van der Waals surface area contributed by atoms with E-state index in [9.17, 15) is 10.2 Å². The summed E-state index contributed by atoms with van der Waals surface area (Å²) in [5.74, 6) is 0.666. The topological polar surface area (TPSA) is 79.4 Å². The standard InChI is InChI=1S/C14H22N2O2/c15-14-11(7-4-8-16-14)9-12(17)13(18)10-5-2-1-3-6-10/h4,7-8,10,12-13,17-18H,1-3,5-6,9H2,(H2,15,16). The molecule has 1 aromatic rings. The van der Waals surface area contributed by atoms with Gasteiger partial charge >= 0.3 is 0 Å². The molecule has 2 rings (SSSR count). The first kappa shape index (κ1) is 13.3. The number of pyridine rings is 1. The highest BCUT2D eigenvalue weighted by molar-refractivity contribution is 5.38. The second-order valence-electron chi connectivity index (χ2n) is 5.21. The first-order valence-corrected chi connectivity index (χ1v) is 6.74. The Morgan fingerprint density at radius 3 is 2.67 bits per heavy atom. The Labute approximate surface area is 108 Å². The molecule has 0 aromatic carbocycles. The van der Waals surface area contributed by atoms with Gasteiger partial charge in [-0.3, -0.25) is 0 Å². The third-order valence-electron chi connectivity index (χ3n) is 3.88. The van der Waals surface area contributed by atoms with Crippen molar-refractivity contribution in [2.24, 2.45) is 5.92 Å². The summed E-state index contributed by atoms with van der Waals surface area (Å²) in [5, 5.41) is 20.3. The minimum Gasteiger partial charge on any atom is -0.390 e. The zero-order valence-electron chi connectivity index (χ0n) is 10.6. The Hall–Kier alpha value is -1.13.